The number of alkyl halides is 7. The minimum absolute atomic E-state index is 0.494. The lowest BCUT2D eigenvalue weighted by atomic mass is 9.82. The van der Waals surface area contributed by atoms with Gasteiger partial charge in [0.15, 0.2) is 0 Å². The van der Waals surface area contributed by atoms with Gasteiger partial charge in [0.1, 0.15) is 6.10 Å². The summed E-state index contributed by atoms with van der Waals surface area (Å²) in [7, 11) is 0. The molecule has 2 fully saturated rings. The standard InChI is InChI=1S/C10H10BrF6NO2/c1-3(19)20-5-2-4-6(11)7(5)18-8(4,9(12,13)14)10(15,16)17/h4-7,18H,2H2,1H3/t4-,5+,6+,7-/m0/s1. The van der Waals surface area contributed by atoms with E-state index in [0.717, 1.165) is 6.92 Å². The highest BCUT2D eigenvalue weighted by Crippen LogP contribution is 2.59. The van der Waals surface area contributed by atoms with E-state index < -0.39 is 53.2 Å². The smallest absolute Gasteiger partial charge is 0.415 e. The van der Waals surface area contributed by atoms with Crippen molar-refractivity contribution in [2.75, 3.05) is 0 Å². The van der Waals surface area contributed by atoms with Gasteiger partial charge in [0.25, 0.3) is 0 Å². The van der Waals surface area contributed by atoms with Gasteiger partial charge in [-0.1, -0.05) is 15.9 Å². The van der Waals surface area contributed by atoms with Gasteiger partial charge < -0.3 is 4.74 Å². The summed E-state index contributed by atoms with van der Waals surface area (Å²) in [6.45, 7) is 1.05. The monoisotopic (exact) mass is 369 g/mol. The maximum absolute atomic E-state index is 13.0. The van der Waals surface area contributed by atoms with Crippen LogP contribution >= 0.6 is 15.9 Å². The van der Waals surface area contributed by atoms with Crippen LogP contribution in [0.5, 0.6) is 0 Å². The van der Waals surface area contributed by atoms with Gasteiger partial charge in [-0.15, -0.1) is 0 Å². The van der Waals surface area contributed by atoms with Gasteiger partial charge >= 0.3 is 18.3 Å². The molecule has 2 aliphatic rings. The maximum atomic E-state index is 13.0. The molecular formula is C10H10BrF6NO2. The summed E-state index contributed by atoms with van der Waals surface area (Å²) in [4.78, 5) is 9.75. The van der Waals surface area contributed by atoms with E-state index in [1.54, 1.807) is 5.32 Å². The second-order valence-electron chi connectivity index (χ2n) is 4.91. The van der Waals surface area contributed by atoms with Crippen molar-refractivity contribution in [2.45, 2.75) is 48.2 Å². The molecule has 116 valence electrons. The Kier molecular flexibility index (Phi) is 3.56. The van der Waals surface area contributed by atoms with Gasteiger partial charge in [-0.2, -0.15) is 26.3 Å². The normalized spacial score (nSPS) is 36.2. The fourth-order valence-corrected chi connectivity index (χ4v) is 4.10. The molecule has 0 radical (unpaired) electrons. The number of nitrogens with one attached hydrogen (secondary N) is 1. The van der Waals surface area contributed by atoms with E-state index in [1.807, 2.05) is 0 Å². The van der Waals surface area contributed by atoms with E-state index in [4.69, 9.17) is 4.74 Å². The van der Waals surface area contributed by atoms with Crippen molar-refractivity contribution < 1.29 is 35.9 Å². The van der Waals surface area contributed by atoms with Crippen LogP contribution in [0.3, 0.4) is 0 Å². The van der Waals surface area contributed by atoms with Gasteiger partial charge in [0.05, 0.1) is 6.04 Å². The number of esters is 1. The predicted octanol–water partition coefficient (Wildman–Crippen LogP) is 2.54. The third-order valence-corrected chi connectivity index (χ3v) is 4.98. The van der Waals surface area contributed by atoms with Gasteiger partial charge in [-0.05, 0) is 6.42 Å². The molecule has 4 atom stereocenters. The van der Waals surface area contributed by atoms with Crippen molar-refractivity contribution in [1.82, 2.24) is 5.32 Å². The van der Waals surface area contributed by atoms with Crippen LogP contribution in [0, 0.1) is 5.92 Å². The van der Waals surface area contributed by atoms with Crippen LogP contribution in [0.15, 0.2) is 0 Å². The first kappa shape index (κ1) is 15.9. The molecule has 1 saturated carbocycles. The highest BCUT2D eigenvalue weighted by Gasteiger charge is 2.81. The van der Waals surface area contributed by atoms with E-state index in [-0.39, 0.29) is 0 Å². The van der Waals surface area contributed by atoms with Crippen molar-refractivity contribution in [3.05, 3.63) is 0 Å². The van der Waals surface area contributed by atoms with E-state index in [2.05, 4.69) is 15.9 Å². The zero-order valence-electron chi connectivity index (χ0n) is 9.98. The van der Waals surface area contributed by atoms with Crippen molar-refractivity contribution in [1.29, 1.82) is 0 Å². The number of carbonyl (C=O) groups excluding carboxylic acids is 1. The lowest BCUT2D eigenvalue weighted by Crippen LogP contribution is -2.70. The number of halogens is 7. The summed E-state index contributed by atoms with van der Waals surface area (Å²) in [6, 6.07) is -1.23. The topological polar surface area (TPSA) is 38.3 Å². The zero-order chi connectivity index (χ0) is 15.5. The average Bonchev–Trinajstić information content (AvgIpc) is 2.66. The molecule has 0 aromatic carbocycles. The minimum atomic E-state index is -5.49. The molecule has 1 aliphatic heterocycles. The molecule has 0 amide bonds. The Morgan fingerprint density at radius 2 is 1.75 bits per heavy atom. The molecule has 0 aromatic rings. The zero-order valence-corrected chi connectivity index (χ0v) is 11.6. The van der Waals surface area contributed by atoms with Crippen molar-refractivity contribution >= 4 is 21.9 Å². The Hall–Kier alpha value is -0.510. The maximum Gasteiger partial charge on any atom is 0.415 e. The number of rotatable bonds is 1. The molecule has 2 rings (SSSR count). The number of carbonyl (C=O) groups is 1. The largest absolute Gasteiger partial charge is 0.461 e. The lowest BCUT2D eigenvalue weighted by molar-refractivity contribution is -0.320. The van der Waals surface area contributed by atoms with Crippen LogP contribution in [-0.4, -0.2) is 40.8 Å². The van der Waals surface area contributed by atoms with Gasteiger partial charge in [-0.25, -0.2) is 0 Å². The van der Waals surface area contributed by atoms with Crippen LogP contribution in [0.4, 0.5) is 26.3 Å². The van der Waals surface area contributed by atoms with Crippen molar-refractivity contribution in [2.24, 2.45) is 5.92 Å². The molecule has 1 N–H and O–H groups in total. The third kappa shape index (κ3) is 2.02. The van der Waals surface area contributed by atoms with E-state index in [0.29, 0.717) is 0 Å². The summed E-state index contributed by atoms with van der Waals surface area (Å²) in [6.07, 6.45) is -12.5. The highest BCUT2D eigenvalue weighted by atomic mass is 79.9. The van der Waals surface area contributed by atoms with Gasteiger partial charge in [-0.3, -0.25) is 10.1 Å². The molecule has 0 unspecified atom stereocenters. The Morgan fingerprint density at radius 1 is 1.25 bits per heavy atom. The first-order chi connectivity index (χ1) is 8.92. The van der Waals surface area contributed by atoms with E-state index in [1.165, 1.54) is 0 Å². The van der Waals surface area contributed by atoms with Gasteiger partial charge in [0.2, 0.25) is 5.54 Å². The number of piperidine rings is 1. The summed E-state index contributed by atoms with van der Waals surface area (Å²) in [5.41, 5.74) is -3.96. The number of fused-ring (bicyclic) bond motifs is 2. The summed E-state index contributed by atoms with van der Waals surface area (Å²) in [5.74, 6) is -2.52. The van der Waals surface area contributed by atoms with Crippen LogP contribution in [0.25, 0.3) is 0 Å². The SMILES string of the molecule is CC(=O)O[C@@H]1C[C@H]2[C@@H](Br)[C@H]1NC2(C(F)(F)F)C(F)(F)F. The number of ether oxygens (including phenoxy) is 1. The number of hydrogen-bond donors (Lipinski definition) is 1. The van der Waals surface area contributed by atoms with Gasteiger partial charge in [0, 0.05) is 17.7 Å². The summed E-state index contributed by atoms with van der Waals surface area (Å²) >= 11 is 2.87. The quantitative estimate of drug-likeness (QED) is 0.438. The predicted molar refractivity (Wildman–Crippen MR) is 58.1 cm³/mol. The Labute approximate surface area is 118 Å². The van der Waals surface area contributed by atoms with Crippen LogP contribution in [0.2, 0.25) is 0 Å². The van der Waals surface area contributed by atoms with Crippen LogP contribution < -0.4 is 5.32 Å². The summed E-state index contributed by atoms with van der Waals surface area (Å²) in [5, 5.41) is 1.61. The first-order valence-corrected chi connectivity index (χ1v) is 6.56. The minimum Gasteiger partial charge on any atom is -0.461 e. The average molecular weight is 370 g/mol. The lowest BCUT2D eigenvalue weighted by Gasteiger charge is -2.42. The Balaban J connectivity index is 2.37. The third-order valence-electron chi connectivity index (χ3n) is 3.78. The molecule has 20 heavy (non-hydrogen) atoms. The van der Waals surface area contributed by atoms with Crippen molar-refractivity contribution in [3.8, 4) is 0 Å². The van der Waals surface area contributed by atoms with Crippen LogP contribution in [-0.2, 0) is 9.53 Å². The molecule has 1 heterocycles. The molecule has 3 nitrogen and oxygen atoms in total. The molecule has 1 aliphatic carbocycles. The van der Waals surface area contributed by atoms with Crippen molar-refractivity contribution in [3.63, 3.8) is 0 Å². The Morgan fingerprint density at radius 3 is 2.05 bits per heavy atom. The second kappa shape index (κ2) is 4.49. The molecule has 10 heteroatoms. The van der Waals surface area contributed by atoms with Crippen LogP contribution in [0.1, 0.15) is 13.3 Å². The molecular weight excluding hydrogens is 360 g/mol. The fraction of sp³-hybridized carbons (Fsp3) is 0.900. The molecule has 1 saturated heterocycles. The highest BCUT2D eigenvalue weighted by molar-refractivity contribution is 9.09. The van der Waals surface area contributed by atoms with E-state index in [9.17, 15) is 31.1 Å². The van der Waals surface area contributed by atoms with E-state index >= 15 is 0 Å². The fourth-order valence-electron chi connectivity index (χ4n) is 3.02. The molecule has 0 spiro atoms. The first-order valence-electron chi connectivity index (χ1n) is 5.64. The molecule has 0 aromatic heterocycles. The number of hydrogen-bond acceptors (Lipinski definition) is 3. The Bertz CT molecular complexity index is 409. The second-order valence-corrected chi connectivity index (χ2v) is 5.97. The summed E-state index contributed by atoms with van der Waals surface area (Å²) < 4.78 is 82.9. The molecule has 2 bridgehead atoms.